The molecule has 0 fully saturated rings. The second-order valence-corrected chi connectivity index (χ2v) is 8.59. The van der Waals surface area contributed by atoms with Crippen LogP contribution in [0.25, 0.3) is 0 Å². The largest absolute Gasteiger partial charge is 0.423 e. The summed E-state index contributed by atoms with van der Waals surface area (Å²) in [6.07, 6.45) is 0. The highest BCUT2D eigenvalue weighted by Crippen LogP contribution is 2.30. The Balaban J connectivity index is 1.49. The normalized spacial score (nSPS) is 13.5. The number of nitrogens with one attached hydrogen (secondary N) is 1. The van der Waals surface area contributed by atoms with Gasteiger partial charge in [0.05, 0.1) is 11.3 Å². The van der Waals surface area contributed by atoms with Crippen LogP contribution in [0.2, 0.25) is 0 Å². The van der Waals surface area contributed by atoms with Crippen molar-refractivity contribution in [2.75, 3.05) is 10.2 Å². The van der Waals surface area contributed by atoms with Crippen molar-refractivity contribution in [2.24, 2.45) is 0 Å². The number of anilines is 2. The molecule has 0 spiro atoms. The zero-order valence-corrected chi connectivity index (χ0v) is 19.7. The molecule has 3 aromatic rings. The summed E-state index contributed by atoms with van der Waals surface area (Å²) in [6.45, 7) is 1.85. The fraction of sp³-hybridized carbons (Fsp3) is 0.0417. The second kappa shape index (κ2) is 9.13. The third-order valence-corrected chi connectivity index (χ3v) is 5.87. The van der Waals surface area contributed by atoms with E-state index in [1.807, 2.05) is 19.1 Å². The number of benzene rings is 3. The van der Waals surface area contributed by atoms with Crippen molar-refractivity contribution in [3.63, 3.8) is 0 Å². The first-order valence-corrected chi connectivity index (χ1v) is 11.0. The van der Waals surface area contributed by atoms with Crippen LogP contribution < -0.4 is 15.0 Å². The lowest BCUT2D eigenvalue weighted by Crippen LogP contribution is -2.32. The molecule has 3 aromatic carbocycles. The summed E-state index contributed by atoms with van der Waals surface area (Å²) in [4.78, 5) is 38.8. The van der Waals surface area contributed by atoms with Crippen molar-refractivity contribution < 1.29 is 19.1 Å². The zero-order valence-electron chi connectivity index (χ0n) is 16.8. The molecule has 2 amide bonds. The van der Waals surface area contributed by atoms with E-state index in [1.54, 1.807) is 60.7 Å². The first-order chi connectivity index (χ1) is 15.3. The molecule has 0 radical (unpaired) electrons. The third kappa shape index (κ3) is 4.39. The van der Waals surface area contributed by atoms with Crippen molar-refractivity contribution in [2.45, 2.75) is 6.92 Å². The quantitative estimate of drug-likeness (QED) is 0.200. The molecule has 0 atom stereocenters. The molecule has 0 aromatic heterocycles. The Morgan fingerprint density at radius 1 is 0.938 bits per heavy atom. The van der Waals surface area contributed by atoms with E-state index in [0.29, 0.717) is 22.7 Å². The topological polar surface area (TPSA) is 75.7 Å². The minimum Gasteiger partial charge on any atom is -0.423 e. The van der Waals surface area contributed by atoms with Crippen LogP contribution >= 0.6 is 34.2 Å². The summed E-state index contributed by atoms with van der Waals surface area (Å²) >= 11 is 8.30. The van der Waals surface area contributed by atoms with Gasteiger partial charge in [-0.3, -0.25) is 9.59 Å². The highest BCUT2D eigenvalue weighted by Gasteiger charge is 2.38. The first-order valence-electron chi connectivity index (χ1n) is 9.54. The Labute approximate surface area is 203 Å². The standard InChI is InChI=1S/C24H16ClIN2O4/c1-14-4-2-3-5-19(14)32-24(31)15-6-10-17(11-7-15)27-21-20(25)22(29)28(23(21)30)18-12-8-16(26)9-13-18/h2-13,27H,1H3. The van der Waals surface area contributed by atoms with Crippen LogP contribution in [0.5, 0.6) is 5.75 Å². The van der Waals surface area contributed by atoms with Gasteiger partial charge >= 0.3 is 5.97 Å². The minimum absolute atomic E-state index is 0.0227. The van der Waals surface area contributed by atoms with Crippen LogP contribution in [0.1, 0.15) is 15.9 Å². The highest BCUT2D eigenvalue weighted by atomic mass is 127. The maximum absolute atomic E-state index is 12.9. The molecule has 32 heavy (non-hydrogen) atoms. The molecule has 1 heterocycles. The number of hydrogen-bond donors (Lipinski definition) is 1. The number of halogens is 2. The molecule has 0 aliphatic carbocycles. The highest BCUT2D eigenvalue weighted by molar-refractivity contribution is 14.1. The van der Waals surface area contributed by atoms with E-state index in [2.05, 4.69) is 27.9 Å². The molecule has 160 valence electrons. The van der Waals surface area contributed by atoms with Gasteiger partial charge in [-0.15, -0.1) is 0 Å². The summed E-state index contributed by atoms with van der Waals surface area (Å²) in [5.41, 5.74) is 2.10. The second-order valence-electron chi connectivity index (χ2n) is 6.97. The van der Waals surface area contributed by atoms with E-state index in [4.69, 9.17) is 16.3 Å². The molecule has 1 N–H and O–H groups in total. The van der Waals surface area contributed by atoms with Crippen molar-refractivity contribution >= 4 is 63.4 Å². The van der Waals surface area contributed by atoms with Crippen LogP contribution in [0.4, 0.5) is 11.4 Å². The van der Waals surface area contributed by atoms with Crippen molar-refractivity contribution in [3.8, 4) is 5.75 Å². The molecule has 1 aliphatic rings. The number of ether oxygens (including phenoxy) is 1. The van der Waals surface area contributed by atoms with Crippen LogP contribution in [0.15, 0.2) is 83.5 Å². The van der Waals surface area contributed by atoms with E-state index in [-0.39, 0.29) is 10.7 Å². The number of nitrogens with zero attached hydrogens (tertiary/aromatic N) is 1. The first kappa shape index (κ1) is 22.0. The number of aryl methyl sites for hydroxylation is 1. The molecule has 0 bridgehead atoms. The number of rotatable bonds is 5. The Morgan fingerprint density at radius 2 is 1.59 bits per heavy atom. The SMILES string of the molecule is Cc1ccccc1OC(=O)c1ccc(NC2=C(Cl)C(=O)N(c3ccc(I)cc3)C2=O)cc1. The monoisotopic (exact) mass is 558 g/mol. The van der Waals surface area contributed by atoms with Crippen LogP contribution in [0.3, 0.4) is 0 Å². The van der Waals surface area contributed by atoms with Crippen molar-refractivity contribution in [1.29, 1.82) is 0 Å². The van der Waals surface area contributed by atoms with E-state index >= 15 is 0 Å². The smallest absolute Gasteiger partial charge is 0.343 e. The summed E-state index contributed by atoms with van der Waals surface area (Å²) in [7, 11) is 0. The Bertz CT molecular complexity index is 1250. The van der Waals surface area contributed by atoms with Gasteiger partial charge in [0.2, 0.25) is 0 Å². The van der Waals surface area contributed by atoms with Crippen LogP contribution in [0, 0.1) is 10.5 Å². The van der Waals surface area contributed by atoms with E-state index in [9.17, 15) is 14.4 Å². The molecular formula is C24H16ClIN2O4. The number of amides is 2. The van der Waals surface area contributed by atoms with Gasteiger partial charge in [-0.25, -0.2) is 9.69 Å². The Hall–Kier alpha value is -3.17. The number of hydrogen-bond acceptors (Lipinski definition) is 5. The molecule has 1 aliphatic heterocycles. The van der Waals surface area contributed by atoms with Crippen LogP contribution in [-0.4, -0.2) is 17.8 Å². The van der Waals surface area contributed by atoms with Gasteiger partial charge in [0.15, 0.2) is 0 Å². The summed E-state index contributed by atoms with van der Waals surface area (Å²) in [5.74, 6) is -1.16. The molecule has 4 rings (SSSR count). The van der Waals surface area contributed by atoms with Gasteiger partial charge in [0, 0.05) is 9.26 Å². The summed E-state index contributed by atoms with van der Waals surface area (Å²) in [5, 5.41) is 2.69. The lowest BCUT2D eigenvalue weighted by atomic mass is 10.2. The van der Waals surface area contributed by atoms with E-state index < -0.39 is 17.8 Å². The number of carbonyl (C=O) groups is 3. The van der Waals surface area contributed by atoms with Gasteiger partial charge in [-0.05, 0) is 89.7 Å². The molecule has 0 saturated carbocycles. The number of esters is 1. The summed E-state index contributed by atoms with van der Waals surface area (Å²) in [6, 6.07) is 20.5. The lowest BCUT2D eigenvalue weighted by Gasteiger charge is -2.15. The fourth-order valence-electron chi connectivity index (χ4n) is 3.10. The number of carbonyl (C=O) groups excluding carboxylic acids is 3. The minimum atomic E-state index is -0.598. The predicted octanol–water partition coefficient (Wildman–Crippen LogP) is 5.25. The van der Waals surface area contributed by atoms with Crippen LogP contribution in [-0.2, 0) is 9.59 Å². The lowest BCUT2D eigenvalue weighted by molar-refractivity contribution is -0.120. The molecule has 0 unspecified atom stereocenters. The molecule has 0 saturated heterocycles. The van der Waals surface area contributed by atoms with Crippen molar-refractivity contribution in [3.05, 3.63) is 98.2 Å². The van der Waals surface area contributed by atoms with E-state index in [1.165, 1.54) is 0 Å². The molecular weight excluding hydrogens is 543 g/mol. The Kier molecular flexibility index (Phi) is 6.29. The number of imide groups is 1. The maximum Gasteiger partial charge on any atom is 0.343 e. The number of para-hydroxylation sites is 1. The maximum atomic E-state index is 12.9. The molecule has 8 heteroatoms. The van der Waals surface area contributed by atoms with Gasteiger partial charge < -0.3 is 10.1 Å². The van der Waals surface area contributed by atoms with Gasteiger partial charge in [0.25, 0.3) is 11.8 Å². The van der Waals surface area contributed by atoms with Gasteiger partial charge in [-0.1, -0.05) is 29.8 Å². The van der Waals surface area contributed by atoms with Crippen molar-refractivity contribution in [1.82, 2.24) is 0 Å². The predicted molar refractivity (Wildman–Crippen MR) is 131 cm³/mol. The van der Waals surface area contributed by atoms with Gasteiger partial charge in [0.1, 0.15) is 16.5 Å². The average molecular weight is 559 g/mol. The molecule has 6 nitrogen and oxygen atoms in total. The fourth-order valence-corrected chi connectivity index (χ4v) is 3.67. The average Bonchev–Trinajstić information content (AvgIpc) is 3.00. The summed E-state index contributed by atoms with van der Waals surface area (Å²) < 4.78 is 6.40. The zero-order chi connectivity index (χ0) is 22.8. The third-order valence-electron chi connectivity index (χ3n) is 4.80. The Morgan fingerprint density at radius 3 is 2.25 bits per heavy atom. The van der Waals surface area contributed by atoms with Gasteiger partial charge in [-0.2, -0.15) is 0 Å². The van der Waals surface area contributed by atoms with E-state index in [0.717, 1.165) is 14.0 Å².